The van der Waals surface area contributed by atoms with E-state index >= 15 is 0 Å². The molecule has 0 bridgehead atoms. The topological polar surface area (TPSA) is 87.3 Å². The summed E-state index contributed by atoms with van der Waals surface area (Å²) in [5.41, 5.74) is 1.49. The monoisotopic (exact) mass is 409 g/mol. The van der Waals surface area contributed by atoms with Crippen LogP contribution in [0.3, 0.4) is 0 Å². The van der Waals surface area contributed by atoms with Gasteiger partial charge in [-0.1, -0.05) is 0 Å². The number of rotatable bonds is 4. The molecule has 0 amide bonds. The molecular weight excluding hydrogens is 398 g/mol. The van der Waals surface area contributed by atoms with Gasteiger partial charge in [-0.05, 0) is 35.0 Å². The van der Waals surface area contributed by atoms with E-state index in [0.717, 1.165) is 10.2 Å². The molecule has 0 saturated heterocycles. The van der Waals surface area contributed by atoms with Crippen molar-refractivity contribution < 1.29 is 14.5 Å². The van der Waals surface area contributed by atoms with Gasteiger partial charge in [-0.3, -0.25) is 10.1 Å². The number of fused-ring (bicyclic) bond motifs is 1. The Morgan fingerprint density at radius 3 is 2.83 bits per heavy atom. The summed E-state index contributed by atoms with van der Waals surface area (Å²) in [5, 5.41) is 11.3. The van der Waals surface area contributed by atoms with Crippen LogP contribution < -0.4 is 0 Å². The molecular formula is C15H12BrN3O4S. The van der Waals surface area contributed by atoms with Gasteiger partial charge in [0.1, 0.15) is 5.69 Å². The van der Waals surface area contributed by atoms with Crippen LogP contribution >= 0.6 is 27.3 Å². The fourth-order valence-corrected chi connectivity index (χ4v) is 3.84. The molecule has 0 aliphatic carbocycles. The second kappa shape index (κ2) is 6.33. The largest absolute Gasteiger partial charge is 0.461 e. The van der Waals surface area contributed by atoms with Crippen LogP contribution in [0.4, 0.5) is 5.69 Å². The highest BCUT2D eigenvalue weighted by Crippen LogP contribution is 2.38. The van der Waals surface area contributed by atoms with E-state index in [9.17, 15) is 14.9 Å². The number of hydrogen-bond donors (Lipinski definition) is 0. The summed E-state index contributed by atoms with van der Waals surface area (Å²) in [4.78, 5) is 27.6. The Morgan fingerprint density at radius 2 is 2.21 bits per heavy atom. The van der Waals surface area contributed by atoms with Crippen LogP contribution in [0.5, 0.6) is 0 Å². The quantitative estimate of drug-likeness (QED) is 0.366. The molecule has 0 radical (unpaired) electrons. The molecule has 24 heavy (non-hydrogen) atoms. The molecule has 9 heteroatoms. The van der Waals surface area contributed by atoms with Crippen molar-refractivity contribution >= 4 is 49.1 Å². The second-order valence-electron chi connectivity index (χ2n) is 4.95. The van der Waals surface area contributed by atoms with E-state index in [-0.39, 0.29) is 5.69 Å². The Labute approximate surface area is 149 Å². The number of hydrogen-bond acceptors (Lipinski definition) is 6. The van der Waals surface area contributed by atoms with Gasteiger partial charge in [0.15, 0.2) is 5.69 Å². The van der Waals surface area contributed by atoms with Crippen LogP contribution in [0.2, 0.25) is 0 Å². The van der Waals surface area contributed by atoms with Crippen molar-refractivity contribution in [2.24, 2.45) is 7.05 Å². The Morgan fingerprint density at radius 1 is 1.46 bits per heavy atom. The van der Waals surface area contributed by atoms with E-state index in [1.807, 2.05) is 0 Å². The highest BCUT2D eigenvalue weighted by Gasteiger charge is 2.22. The molecule has 3 aromatic heterocycles. The molecule has 7 nitrogen and oxygen atoms in total. The number of halogens is 1. The third kappa shape index (κ3) is 2.80. The number of aryl methyl sites for hydroxylation is 1. The van der Waals surface area contributed by atoms with Gasteiger partial charge < -0.3 is 9.30 Å². The lowest BCUT2D eigenvalue weighted by molar-refractivity contribution is -0.384. The molecule has 0 aromatic carbocycles. The predicted molar refractivity (Wildman–Crippen MR) is 94.3 cm³/mol. The van der Waals surface area contributed by atoms with Gasteiger partial charge in [0.25, 0.3) is 5.69 Å². The Balaban J connectivity index is 2.10. The van der Waals surface area contributed by atoms with Crippen LogP contribution in [0.1, 0.15) is 17.4 Å². The van der Waals surface area contributed by atoms with E-state index in [1.165, 1.54) is 23.6 Å². The van der Waals surface area contributed by atoms with Gasteiger partial charge in [0.05, 0.1) is 26.6 Å². The predicted octanol–water partition coefficient (Wildman–Crippen LogP) is 4.15. The van der Waals surface area contributed by atoms with E-state index in [1.54, 1.807) is 30.7 Å². The van der Waals surface area contributed by atoms with Crippen molar-refractivity contribution in [3.63, 3.8) is 0 Å². The van der Waals surface area contributed by atoms with Crippen LogP contribution in [0.25, 0.3) is 20.8 Å². The molecule has 3 aromatic rings. The van der Waals surface area contributed by atoms with Gasteiger partial charge in [-0.25, -0.2) is 9.78 Å². The SMILES string of the molecule is CCOC(=O)c1cc2sc(-c3ncc(Br)cc3[N+](=O)[O-])cc2n1C. The molecule has 0 saturated carbocycles. The lowest BCUT2D eigenvalue weighted by Crippen LogP contribution is -2.09. The smallest absolute Gasteiger partial charge is 0.354 e. The number of carbonyl (C=O) groups is 1. The van der Waals surface area contributed by atoms with Gasteiger partial charge in [0.2, 0.25) is 0 Å². The van der Waals surface area contributed by atoms with Gasteiger partial charge in [0, 0.05) is 23.8 Å². The van der Waals surface area contributed by atoms with Crippen LogP contribution in [0.15, 0.2) is 28.9 Å². The fourth-order valence-electron chi connectivity index (χ4n) is 2.39. The summed E-state index contributed by atoms with van der Waals surface area (Å²) in [6, 6.07) is 4.95. The summed E-state index contributed by atoms with van der Waals surface area (Å²) in [6.45, 7) is 2.05. The van der Waals surface area contributed by atoms with E-state index < -0.39 is 10.9 Å². The van der Waals surface area contributed by atoms with Crippen LogP contribution in [-0.2, 0) is 11.8 Å². The number of esters is 1. The third-order valence-electron chi connectivity index (χ3n) is 3.48. The number of nitrogens with zero attached hydrogens (tertiary/aromatic N) is 3. The lowest BCUT2D eigenvalue weighted by atomic mass is 10.2. The first-order valence-electron chi connectivity index (χ1n) is 6.99. The summed E-state index contributed by atoms with van der Waals surface area (Å²) in [6.07, 6.45) is 1.52. The molecule has 124 valence electrons. The van der Waals surface area contributed by atoms with E-state index in [2.05, 4.69) is 20.9 Å². The minimum absolute atomic E-state index is 0.0680. The van der Waals surface area contributed by atoms with Crippen molar-refractivity contribution in [2.75, 3.05) is 6.61 Å². The zero-order valence-corrected chi connectivity index (χ0v) is 15.2. The average molecular weight is 410 g/mol. The first kappa shape index (κ1) is 16.6. The number of carbonyl (C=O) groups excluding carboxylic acids is 1. The van der Waals surface area contributed by atoms with Crippen LogP contribution in [0, 0.1) is 10.1 Å². The molecule has 0 aliphatic rings. The highest BCUT2D eigenvalue weighted by atomic mass is 79.9. The van der Waals surface area contributed by atoms with Crippen molar-refractivity contribution in [2.45, 2.75) is 6.92 Å². The van der Waals surface area contributed by atoms with E-state index in [4.69, 9.17) is 4.74 Å². The zero-order chi connectivity index (χ0) is 17.4. The fraction of sp³-hybridized carbons (Fsp3) is 0.200. The molecule has 3 heterocycles. The van der Waals surface area contributed by atoms with Crippen molar-refractivity contribution in [3.8, 4) is 10.6 Å². The Kier molecular flexibility index (Phi) is 4.37. The number of thiophene rings is 1. The molecule has 0 spiro atoms. The van der Waals surface area contributed by atoms with Gasteiger partial charge >= 0.3 is 5.97 Å². The number of ether oxygens (including phenoxy) is 1. The molecule has 0 aliphatic heterocycles. The zero-order valence-electron chi connectivity index (χ0n) is 12.8. The standard InChI is InChI=1S/C15H12BrN3O4S/c1-3-23-15(20)11-6-12-9(18(11)2)5-13(24-12)14-10(19(21)22)4-8(16)7-17-14/h4-7H,3H2,1-2H3. The van der Waals surface area contributed by atoms with Crippen molar-refractivity contribution in [1.82, 2.24) is 9.55 Å². The first-order chi connectivity index (χ1) is 11.4. The number of nitro groups is 1. The summed E-state index contributed by atoms with van der Waals surface area (Å²) >= 11 is 4.54. The van der Waals surface area contributed by atoms with Crippen LogP contribution in [-0.4, -0.2) is 27.1 Å². The summed E-state index contributed by atoms with van der Waals surface area (Å²) in [7, 11) is 1.76. The Hall–Kier alpha value is -2.26. The molecule has 0 unspecified atom stereocenters. The maximum atomic E-state index is 11.9. The van der Waals surface area contributed by atoms with Gasteiger partial charge in [-0.15, -0.1) is 11.3 Å². The minimum atomic E-state index is -0.457. The lowest BCUT2D eigenvalue weighted by Gasteiger charge is -2.03. The third-order valence-corrected chi connectivity index (χ3v) is 4.99. The number of aromatic nitrogens is 2. The Bertz CT molecular complexity index is 963. The van der Waals surface area contributed by atoms with Crippen molar-refractivity contribution in [3.05, 3.63) is 44.7 Å². The highest BCUT2D eigenvalue weighted by molar-refractivity contribution is 9.10. The minimum Gasteiger partial charge on any atom is -0.461 e. The summed E-state index contributed by atoms with van der Waals surface area (Å²) in [5.74, 6) is -0.391. The maximum Gasteiger partial charge on any atom is 0.354 e. The van der Waals surface area contributed by atoms with Crippen molar-refractivity contribution in [1.29, 1.82) is 0 Å². The summed E-state index contributed by atoms with van der Waals surface area (Å²) < 4.78 is 8.13. The van der Waals surface area contributed by atoms with Gasteiger partial charge in [-0.2, -0.15) is 0 Å². The number of pyridine rings is 1. The molecule has 0 atom stereocenters. The normalized spacial score (nSPS) is 11.0. The molecule has 0 N–H and O–H groups in total. The maximum absolute atomic E-state index is 11.9. The molecule has 3 rings (SSSR count). The molecule has 0 fully saturated rings. The average Bonchev–Trinajstić information content (AvgIpc) is 3.07. The first-order valence-corrected chi connectivity index (χ1v) is 8.60. The second-order valence-corrected chi connectivity index (χ2v) is 6.95. The van der Waals surface area contributed by atoms with E-state index in [0.29, 0.717) is 27.3 Å².